The number of aryl methyl sites for hydroxylation is 1. The van der Waals surface area contributed by atoms with Gasteiger partial charge >= 0.3 is 0 Å². The van der Waals surface area contributed by atoms with Crippen LogP contribution in [0.25, 0.3) is 0 Å². The number of benzene rings is 4. The molecule has 0 spiro atoms. The molecule has 0 aliphatic carbocycles. The quantitative estimate of drug-likeness (QED) is 0.137. The highest BCUT2D eigenvalue weighted by Gasteiger charge is 2.33. The summed E-state index contributed by atoms with van der Waals surface area (Å²) in [6.45, 7) is 7.29. The molecule has 0 bridgehead atoms. The summed E-state index contributed by atoms with van der Waals surface area (Å²) >= 11 is 0. The summed E-state index contributed by atoms with van der Waals surface area (Å²) in [6.07, 6.45) is 2.54. The summed E-state index contributed by atoms with van der Waals surface area (Å²) < 4.78 is 18.3. The minimum absolute atomic E-state index is 0.340. The third-order valence-electron chi connectivity index (χ3n) is 8.39. The minimum atomic E-state index is -0.340. The van der Waals surface area contributed by atoms with Gasteiger partial charge in [0.2, 0.25) is 5.95 Å². The highest BCUT2D eigenvalue weighted by molar-refractivity contribution is 5.55. The Balaban J connectivity index is 1.54. The Bertz CT molecular complexity index is 1660. The summed E-state index contributed by atoms with van der Waals surface area (Å²) in [5.74, 6) is 4.48. The molecular weight excluding hydrogens is 560 g/mol. The topological polar surface area (TPSA) is 70.4 Å². The van der Waals surface area contributed by atoms with Crippen molar-refractivity contribution >= 4 is 11.6 Å². The number of anilines is 2. The van der Waals surface area contributed by atoms with Gasteiger partial charge in [-0.05, 0) is 96.0 Å². The average molecular weight is 605 g/mol. The Morgan fingerprint density at radius 2 is 1.29 bits per heavy atom. The first kappa shape index (κ1) is 31.6. The number of ether oxygens (including phenoxy) is 3. The lowest BCUT2D eigenvalue weighted by molar-refractivity contribution is 0.380. The number of rotatable bonds is 14. The zero-order valence-corrected chi connectivity index (χ0v) is 27.2. The summed E-state index contributed by atoms with van der Waals surface area (Å²) in [7, 11) is 5.08. The number of hydrogen-bond acceptors (Lipinski definition) is 6. The largest absolute Gasteiger partial charge is 0.497 e. The van der Waals surface area contributed by atoms with Crippen molar-refractivity contribution in [3.63, 3.8) is 0 Å². The van der Waals surface area contributed by atoms with Crippen LogP contribution in [0, 0.1) is 0 Å². The van der Waals surface area contributed by atoms with E-state index in [0.29, 0.717) is 18.4 Å². The van der Waals surface area contributed by atoms with Crippen molar-refractivity contribution in [1.82, 2.24) is 14.8 Å². The number of methoxy groups -OCH3 is 3. The first-order valence-corrected chi connectivity index (χ1v) is 15.5. The summed E-state index contributed by atoms with van der Waals surface area (Å²) in [5.41, 5.74) is 5.49. The summed E-state index contributed by atoms with van der Waals surface area (Å²) in [6, 6.07) is 33.3. The van der Waals surface area contributed by atoms with Gasteiger partial charge in [-0.3, -0.25) is 0 Å². The van der Waals surface area contributed by atoms with E-state index in [4.69, 9.17) is 24.3 Å². The molecule has 5 aromatic rings. The van der Waals surface area contributed by atoms with Crippen LogP contribution in [0.4, 0.5) is 11.6 Å². The van der Waals surface area contributed by atoms with Gasteiger partial charge in [-0.2, -0.15) is 4.98 Å². The van der Waals surface area contributed by atoms with E-state index in [2.05, 4.69) is 91.4 Å². The van der Waals surface area contributed by atoms with Gasteiger partial charge in [0.15, 0.2) is 0 Å². The smallest absolute Gasteiger partial charge is 0.246 e. The molecule has 234 valence electrons. The minimum Gasteiger partial charge on any atom is -0.497 e. The predicted molar refractivity (Wildman–Crippen MR) is 181 cm³/mol. The summed E-state index contributed by atoms with van der Waals surface area (Å²) in [5, 5.41) is 8.57. The number of hydrogen-bond donors (Lipinski definition) is 1. The lowest BCUT2D eigenvalue weighted by atomic mass is 9.77. The first-order chi connectivity index (χ1) is 21.8. The maximum absolute atomic E-state index is 5.44. The van der Waals surface area contributed by atoms with E-state index in [0.717, 1.165) is 53.6 Å². The van der Waals surface area contributed by atoms with Crippen LogP contribution in [0.2, 0.25) is 0 Å². The Labute approximate surface area is 267 Å². The maximum atomic E-state index is 5.44. The first-order valence-electron chi connectivity index (χ1n) is 15.5. The van der Waals surface area contributed by atoms with Crippen LogP contribution in [0.15, 0.2) is 97.1 Å². The van der Waals surface area contributed by atoms with Crippen molar-refractivity contribution in [2.75, 3.05) is 26.6 Å². The van der Waals surface area contributed by atoms with Crippen LogP contribution < -0.4 is 19.5 Å². The van der Waals surface area contributed by atoms with Gasteiger partial charge in [0.05, 0.1) is 27.9 Å². The SMILES string of the molecule is COc1ccc(CCC(C)(Cc2ccc(OC)cc2)c2nc(Nc3cccc(C(C)C)c3)nn2Cc2ccc(OC)cc2)cc1. The van der Waals surface area contributed by atoms with Crippen molar-refractivity contribution in [3.8, 4) is 17.2 Å². The van der Waals surface area contributed by atoms with Crippen LogP contribution in [-0.4, -0.2) is 36.1 Å². The monoisotopic (exact) mass is 604 g/mol. The van der Waals surface area contributed by atoms with Crippen molar-refractivity contribution in [2.24, 2.45) is 0 Å². The molecule has 0 saturated heterocycles. The highest BCUT2D eigenvalue weighted by Crippen LogP contribution is 2.35. The molecule has 1 unspecified atom stereocenters. The molecule has 45 heavy (non-hydrogen) atoms. The standard InChI is InChI=1S/C38H44N4O3/c1-27(2)31-8-7-9-32(24-31)39-37-40-36(42(41-37)26-30-14-20-35(45-6)21-15-30)38(3,25-29-12-18-34(44-5)19-13-29)23-22-28-10-16-33(43-4)17-11-28/h7-21,24,27H,22-23,25-26H2,1-6H3,(H,39,41). The number of aromatic nitrogens is 3. The van der Waals surface area contributed by atoms with Crippen LogP contribution in [0.5, 0.6) is 17.2 Å². The Morgan fingerprint density at radius 1 is 0.733 bits per heavy atom. The van der Waals surface area contributed by atoms with Crippen LogP contribution in [0.3, 0.4) is 0 Å². The lowest BCUT2D eigenvalue weighted by Crippen LogP contribution is -2.31. The highest BCUT2D eigenvalue weighted by atomic mass is 16.5. The maximum Gasteiger partial charge on any atom is 0.246 e. The van der Waals surface area contributed by atoms with Crippen LogP contribution in [0.1, 0.15) is 61.2 Å². The second kappa shape index (κ2) is 14.3. The van der Waals surface area contributed by atoms with Gasteiger partial charge in [-0.1, -0.05) is 69.3 Å². The molecule has 1 heterocycles. The zero-order valence-electron chi connectivity index (χ0n) is 27.2. The molecule has 0 radical (unpaired) electrons. The van der Waals surface area contributed by atoms with Crippen molar-refractivity contribution < 1.29 is 14.2 Å². The van der Waals surface area contributed by atoms with E-state index in [9.17, 15) is 0 Å². The Hall–Kier alpha value is -4.78. The van der Waals surface area contributed by atoms with Gasteiger partial charge in [0.25, 0.3) is 0 Å². The molecular formula is C38H44N4O3. The normalized spacial score (nSPS) is 12.5. The molecule has 0 fully saturated rings. The fourth-order valence-corrected chi connectivity index (χ4v) is 5.65. The van der Waals surface area contributed by atoms with E-state index in [1.165, 1.54) is 16.7 Å². The Morgan fingerprint density at radius 3 is 1.84 bits per heavy atom. The predicted octanol–water partition coefficient (Wildman–Crippen LogP) is 8.35. The van der Waals surface area contributed by atoms with E-state index < -0.39 is 0 Å². The van der Waals surface area contributed by atoms with Gasteiger partial charge in [-0.25, -0.2) is 4.68 Å². The van der Waals surface area contributed by atoms with Gasteiger partial charge in [-0.15, -0.1) is 5.10 Å². The molecule has 7 nitrogen and oxygen atoms in total. The summed E-state index contributed by atoms with van der Waals surface area (Å²) in [4.78, 5) is 5.22. The molecule has 5 rings (SSSR count). The van der Waals surface area contributed by atoms with Crippen LogP contribution in [-0.2, 0) is 24.8 Å². The molecule has 0 amide bonds. The average Bonchev–Trinajstić information content (AvgIpc) is 3.47. The van der Waals surface area contributed by atoms with Gasteiger partial charge < -0.3 is 19.5 Å². The molecule has 0 aliphatic heterocycles. The third kappa shape index (κ3) is 8.04. The molecule has 0 aliphatic rings. The number of nitrogens with zero attached hydrogens (tertiary/aromatic N) is 3. The molecule has 7 heteroatoms. The fourth-order valence-electron chi connectivity index (χ4n) is 5.65. The van der Waals surface area contributed by atoms with Crippen molar-refractivity contribution in [2.45, 2.75) is 57.9 Å². The lowest BCUT2D eigenvalue weighted by Gasteiger charge is -2.29. The second-order valence-electron chi connectivity index (χ2n) is 12.1. The van der Waals surface area contributed by atoms with E-state index in [1.807, 2.05) is 36.4 Å². The number of nitrogens with one attached hydrogen (secondary N) is 1. The van der Waals surface area contributed by atoms with E-state index in [-0.39, 0.29) is 5.41 Å². The zero-order chi connectivity index (χ0) is 31.8. The van der Waals surface area contributed by atoms with Crippen LogP contribution >= 0.6 is 0 Å². The van der Waals surface area contributed by atoms with Gasteiger partial charge in [0.1, 0.15) is 23.1 Å². The molecule has 0 saturated carbocycles. The molecule has 1 atom stereocenters. The van der Waals surface area contributed by atoms with Gasteiger partial charge in [0, 0.05) is 11.1 Å². The molecule has 1 N–H and O–H groups in total. The van der Waals surface area contributed by atoms with E-state index >= 15 is 0 Å². The second-order valence-corrected chi connectivity index (χ2v) is 12.1. The third-order valence-corrected chi connectivity index (χ3v) is 8.39. The van der Waals surface area contributed by atoms with Crippen molar-refractivity contribution in [3.05, 3.63) is 125 Å². The van der Waals surface area contributed by atoms with E-state index in [1.54, 1.807) is 21.3 Å². The fraction of sp³-hybridized carbons (Fsp3) is 0.316. The van der Waals surface area contributed by atoms with Crippen molar-refractivity contribution in [1.29, 1.82) is 0 Å². The Kier molecular flexibility index (Phi) is 10.1. The molecule has 1 aromatic heterocycles. The molecule has 4 aromatic carbocycles.